The maximum atomic E-state index is 5.63. The molecule has 1 aromatic rings. The first-order chi connectivity index (χ1) is 8.11. The zero-order chi connectivity index (χ0) is 12.7. The molecule has 0 aliphatic rings. The van der Waals surface area contributed by atoms with Crippen molar-refractivity contribution in [2.45, 2.75) is 19.9 Å². The van der Waals surface area contributed by atoms with E-state index in [4.69, 9.17) is 5.73 Å². The van der Waals surface area contributed by atoms with Crippen LogP contribution in [0, 0.1) is 0 Å². The highest BCUT2D eigenvalue weighted by Crippen LogP contribution is 2.05. The number of hydrogen-bond acceptors (Lipinski definition) is 4. The van der Waals surface area contributed by atoms with Gasteiger partial charge < -0.3 is 10.6 Å². The van der Waals surface area contributed by atoms with Crippen molar-refractivity contribution in [1.82, 2.24) is 14.8 Å². The lowest BCUT2D eigenvalue weighted by molar-refractivity contribution is 0.232. The van der Waals surface area contributed by atoms with E-state index in [-0.39, 0.29) is 0 Å². The molecule has 0 spiro atoms. The minimum atomic E-state index is 0.726. The van der Waals surface area contributed by atoms with Gasteiger partial charge in [-0.25, -0.2) is 0 Å². The monoisotopic (exact) mass is 236 g/mol. The second-order valence-corrected chi connectivity index (χ2v) is 4.66. The summed E-state index contributed by atoms with van der Waals surface area (Å²) >= 11 is 0. The standard InChI is InChI=1S/C13H24N4/c1-4-7-17(9-8-16(2)3)11-13-6-5-12(14)10-15-13/h5-6,10H,4,7-9,11,14H2,1-3H3. The molecule has 0 bridgehead atoms. The normalized spacial score (nSPS) is 11.4. The molecule has 0 atom stereocenters. The molecule has 0 unspecified atom stereocenters. The van der Waals surface area contributed by atoms with Crippen LogP contribution in [0.1, 0.15) is 19.0 Å². The summed E-state index contributed by atoms with van der Waals surface area (Å²) in [5, 5.41) is 0. The molecule has 1 aromatic heterocycles. The molecule has 4 nitrogen and oxygen atoms in total. The Balaban J connectivity index is 2.50. The Bertz CT molecular complexity index is 308. The van der Waals surface area contributed by atoms with E-state index in [1.165, 1.54) is 6.42 Å². The molecule has 17 heavy (non-hydrogen) atoms. The van der Waals surface area contributed by atoms with Gasteiger partial charge in [0.05, 0.1) is 17.6 Å². The van der Waals surface area contributed by atoms with Gasteiger partial charge in [0.25, 0.3) is 0 Å². The van der Waals surface area contributed by atoms with Crippen LogP contribution in [0.4, 0.5) is 5.69 Å². The van der Waals surface area contributed by atoms with Crippen molar-refractivity contribution in [3.05, 3.63) is 24.0 Å². The van der Waals surface area contributed by atoms with E-state index in [2.05, 4.69) is 35.8 Å². The zero-order valence-electron chi connectivity index (χ0n) is 11.2. The summed E-state index contributed by atoms with van der Waals surface area (Å²) < 4.78 is 0. The van der Waals surface area contributed by atoms with Gasteiger partial charge in [0, 0.05) is 19.6 Å². The summed E-state index contributed by atoms with van der Waals surface area (Å²) in [6, 6.07) is 3.92. The van der Waals surface area contributed by atoms with Gasteiger partial charge in [-0.1, -0.05) is 6.92 Å². The van der Waals surface area contributed by atoms with Gasteiger partial charge in [0.15, 0.2) is 0 Å². The number of likely N-dealkylation sites (N-methyl/N-ethyl adjacent to an activating group) is 1. The van der Waals surface area contributed by atoms with Crippen molar-refractivity contribution in [3.8, 4) is 0 Å². The largest absolute Gasteiger partial charge is 0.397 e. The second-order valence-electron chi connectivity index (χ2n) is 4.66. The molecular formula is C13H24N4. The maximum Gasteiger partial charge on any atom is 0.0545 e. The predicted molar refractivity (Wildman–Crippen MR) is 72.8 cm³/mol. The highest BCUT2D eigenvalue weighted by Gasteiger charge is 2.06. The fourth-order valence-electron chi connectivity index (χ4n) is 1.69. The molecule has 0 fully saturated rings. The van der Waals surface area contributed by atoms with Gasteiger partial charge in [-0.3, -0.25) is 9.88 Å². The topological polar surface area (TPSA) is 45.4 Å². The van der Waals surface area contributed by atoms with Gasteiger partial charge >= 0.3 is 0 Å². The molecule has 0 amide bonds. The molecule has 0 saturated carbocycles. The number of pyridine rings is 1. The number of nitrogen functional groups attached to an aromatic ring is 1. The smallest absolute Gasteiger partial charge is 0.0545 e. The summed E-state index contributed by atoms with van der Waals surface area (Å²) in [7, 11) is 4.21. The van der Waals surface area contributed by atoms with Crippen LogP contribution in [0.5, 0.6) is 0 Å². The van der Waals surface area contributed by atoms with Crippen LogP contribution in [0.25, 0.3) is 0 Å². The van der Waals surface area contributed by atoms with E-state index in [1.807, 2.05) is 12.1 Å². The van der Waals surface area contributed by atoms with Gasteiger partial charge in [-0.05, 0) is 39.2 Å². The van der Waals surface area contributed by atoms with Crippen LogP contribution in [0.3, 0.4) is 0 Å². The Kier molecular flexibility index (Phi) is 5.94. The molecule has 1 heterocycles. The predicted octanol–water partition coefficient (Wildman–Crippen LogP) is 1.44. The maximum absolute atomic E-state index is 5.63. The van der Waals surface area contributed by atoms with Crippen molar-refractivity contribution in [2.24, 2.45) is 0 Å². The molecule has 0 aliphatic heterocycles. The van der Waals surface area contributed by atoms with Crippen LogP contribution in [0.2, 0.25) is 0 Å². The fourth-order valence-corrected chi connectivity index (χ4v) is 1.69. The second kappa shape index (κ2) is 7.25. The Labute approximate surface area is 104 Å². The highest BCUT2D eigenvalue weighted by molar-refractivity contribution is 5.34. The van der Waals surface area contributed by atoms with Gasteiger partial charge in [-0.15, -0.1) is 0 Å². The van der Waals surface area contributed by atoms with E-state index < -0.39 is 0 Å². The van der Waals surface area contributed by atoms with Crippen molar-refractivity contribution < 1.29 is 0 Å². The van der Waals surface area contributed by atoms with E-state index in [0.29, 0.717) is 0 Å². The van der Waals surface area contributed by atoms with Crippen LogP contribution in [0.15, 0.2) is 18.3 Å². The van der Waals surface area contributed by atoms with Crippen LogP contribution >= 0.6 is 0 Å². The summed E-state index contributed by atoms with van der Waals surface area (Å²) in [5.41, 5.74) is 7.45. The quantitative estimate of drug-likeness (QED) is 0.778. The minimum Gasteiger partial charge on any atom is -0.397 e. The lowest BCUT2D eigenvalue weighted by Crippen LogP contribution is -2.32. The van der Waals surface area contributed by atoms with Crippen LogP contribution in [-0.2, 0) is 6.54 Å². The van der Waals surface area contributed by atoms with Crippen molar-refractivity contribution in [1.29, 1.82) is 0 Å². The van der Waals surface area contributed by atoms with E-state index >= 15 is 0 Å². The molecule has 0 saturated heterocycles. The molecule has 0 aromatic carbocycles. The molecule has 0 aliphatic carbocycles. The number of rotatable bonds is 7. The summed E-state index contributed by atoms with van der Waals surface area (Å²) in [5.74, 6) is 0. The van der Waals surface area contributed by atoms with Crippen molar-refractivity contribution >= 4 is 5.69 Å². The molecule has 1 rings (SSSR count). The summed E-state index contributed by atoms with van der Waals surface area (Å²) in [6.07, 6.45) is 2.90. The number of nitrogens with two attached hydrogens (primary N) is 1. The first kappa shape index (κ1) is 13.9. The molecule has 4 heteroatoms. The van der Waals surface area contributed by atoms with Gasteiger partial charge in [0.2, 0.25) is 0 Å². The number of nitrogens with zero attached hydrogens (tertiary/aromatic N) is 3. The number of anilines is 1. The van der Waals surface area contributed by atoms with E-state index in [1.54, 1.807) is 6.20 Å². The first-order valence-corrected chi connectivity index (χ1v) is 6.19. The van der Waals surface area contributed by atoms with Crippen molar-refractivity contribution in [3.63, 3.8) is 0 Å². The zero-order valence-corrected chi connectivity index (χ0v) is 11.2. The van der Waals surface area contributed by atoms with Crippen molar-refractivity contribution in [2.75, 3.05) is 39.5 Å². The summed E-state index contributed by atoms with van der Waals surface area (Å²) in [6.45, 7) is 6.38. The minimum absolute atomic E-state index is 0.726. The fraction of sp³-hybridized carbons (Fsp3) is 0.615. The first-order valence-electron chi connectivity index (χ1n) is 6.19. The Morgan fingerprint density at radius 2 is 1.94 bits per heavy atom. The van der Waals surface area contributed by atoms with E-state index in [0.717, 1.165) is 37.6 Å². The third-order valence-corrected chi connectivity index (χ3v) is 2.64. The lowest BCUT2D eigenvalue weighted by atomic mass is 10.3. The van der Waals surface area contributed by atoms with Crippen LogP contribution < -0.4 is 5.73 Å². The molecule has 2 N–H and O–H groups in total. The Morgan fingerprint density at radius 1 is 1.18 bits per heavy atom. The molecular weight excluding hydrogens is 212 g/mol. The van der Waals surface area contributed by atoms with Gasteiger partial charge in [0.1, 0.15) is 0 Å². The average molecular weight is 236 g/mol. The number of hydrogen-bond donors (Lipinski definition) is 1. The Hall–Kier alpha value is -1.13. The lowest BCUT2D eigenvalue weighted by Gasteiger charge is -2.23. The average Bonchev–Trinajstić information content (AvgIpc) is 2.29. The van der Waals surface area contributed by atoms with Crippen LogP contribution in [-0.4, -0.2) is 48.5 Å². The molecule has 96 valence electrons. The third-order valence-electron chi connectivity index (χ3n) is 2.64. The summed E-state index contributed by atoms with van der Waals surface area (Å²) in [4.78, 5) is 8.98. The SMILES string of the molecule is CCCN(CCN(C)C)Cc1ccc(N)cn1. The van der Waals surface area contributed by atoms with E-state index in [9.17, 15) is 0 Å². The molecule has 0 radical (unpaired) electrons. The highest BCUT2D eigenvalue weighted by atomic mass is 15.2. The number of aromatic nitrogens is 1. The third kappa shape index (κ3) is 5.65. The van der Waals surface area contributed by atoms with Gasteiger partial charge in [-0.2, -0.15) is 0 Å². The Morgan fingerprint density at radius 3 is 2.47 bits per heavy atom.